The number of rotatable bonds is 3. The van der Waals surface area contributed by atoms with Gasteiger partial charge in [-0.2, -0.15) is 0 Å². The zero-order chi connectivity index (χ0) is 22.9. The molecule has 2 aliphatic rings. The molecule has 0 saturated carbocycles. The number of nitrogens with zero attached hydrogens (tertiary/aromatic N) is 6. The normalized spacial score (nSPS) is 19.1. The van der Waals surface area contributed by atoms with E-state index in [1.807, 2.05) is 0 Å². The lowest BCUT2D eigenvalue weighted by Crippen LogP contribution is -2.47. The van der Waals surface area contributed by atoms with Crippen molar-refractivity contribution in [1.82, 2.24) is 27.9 Å². The monoisotopic (exact) mass is 438 g/mol. The quantitative estimate of drug-likeness (QED) is 0.539. The van der Waals surface area contributed by atoms with Gasteiger partial charge in [0, 0.05) is 19.7 Å². The third kappa shape index (κ3) is 2.41. The topological polar surface area (TPSA) is 118 Å². The minimum atomic E-state index is -0.823. The summed E-state index contributed by atoms with van der Waals surface area (Å²) in [5, 5.41) is 11.0. The summed E-state index contributed by atoms with van der Waals surface area (Å²) in [6.45, 7) is 3.86. The lowest BCUT2D eigenvalue weighted by atomic mass is 9.88. The third-order valence-corrected chi connectivity index (χ3v) is 6.40. The van der Waals surface area contributed by atoms with Gasteiger partial charge >= 0.3 is 22.8 Å². The molecule has 2 aromatic heterocycles. The zero-order valence-corrected chi connectivity index (χ0v) is 17.6. The molecule has 1 aromatic carbocycles. The molecule has 0 aliphatic carbocycles. The fraction of sp³-hybridized carbons (Fsp3) is 0.333. The number of phenols is 1. The predicted octanol–water partition coefficient (Wildman–Crippen LogP) is -0.771. The Morgan fingerprint density at radius 2 is 1.66 bits per heavy atom. The molecule has 3 aromatic rings. The van der Waals surface area contributed by atoms with Gasteiger partial charge in [0.25, 0.3) is 0 Å². The molecule has 11 nitrogen and oxygen atoms in total. The van der Waals surface area contributed by atoms with E-state index in [2.05, 4.69) is 6.58 Å². The molecular weight excluding hydrogens is 416 g/mol. The minimum absolute atomic E-state index is 0.00271. The average Bonchev–Trinajstić information content (AvgIpc) is 3.14. The Morgan fingerprint density at radius 3 is 2.34 bits per heavy atom. The highest BCUT2D eigenvalue weighted by Gasteiger charge is 2.41. The number of allylic oxidation sites excluding steroid dienone is 3. The van der Waals surface area contributed by atoms with Crippen LogP contribution in [0.1, 0.15) is 23.2 Å². The molecule has 0 spiro atoms. The van der Waals surface area contributed by atoms with Gasteiger partial charge in [0.15, 0.2) is 0 Å². The lowest BCUT2D eigenvalue weighted by Gasteiger charge is -2.38. The highest BCUT2D eigenvalue weighted by Crippen LogP contribution is 2.42. The van der Waals surface area contributed by atoms with Gasteiger partial charge in [-0.25, -0.2) is 47.0 Å². The summed E-state index contributed by atoms with van der Waals surface area (Å²) in [6, 6.07) is 3.73. The summed E-state index contributed by atoms with van der Waals surface area (Å²) in [5.74, 6) is -0.00271. The maximum absolute atomic E-state index is 13.0. The summed E-state index contributed by atoms with van der Waals surface area (Å²) < 4.78 is 7.26. The van der Waals surface area contributed by atoms with Crippen molar-refractivity contribution < 1.29 is 5.11 Å². The molecule has 0 unspecified atom stereocenters. The number of hydrogen-bond acceptors (Lipinski definition) is 5. The molecule has 11 heteroatoms. The summed E-state index contributed by atoms with van der Waals surface area (Å²) in [7, 11) is 2.79. The van der Waals surface area contributed by atoms with Crippen molar-refractivity contribution in [3.8, 4) is 5.75 Å². The van der Waals surface area contributed by atoms with Gasteiger partial charge < -0.3 is 5.11 Å². The van der Waals surface area contributed by atoms with Crippen molar-refractivity contribution in [3.05, 3.63) is 95.6 Å². The summed E-state index contributed by atoms with van der Waals surface area (Å²) in [4.78, 5) is 51.3. The molecule has 0 radical (unpaired) electrons. The second-order valence-corrected chi connectivity index (χ2v) is 8.07. The van der Waals surface area contributed by atoms with Gasteiger partial charge in [0.2, 0.25) is 0 Å². The Bertz CT molecular complexity index is 1550. The minimum Gasteiger partial charge on any atom is -0.507 e. The second kappa shape index (κ2) is 6.74. The Balaban J connectivity index is 1.84. The van der Waals surface area contributed by atoms with Gasteiger partial charge in [-0.3, -0.25) is 0 Å². The maximum atomic E-state index is 13.0. The van der Waals surface area contributed by atoms with Crippen LogP contribution in [-0.4, -0.2) is 33.0 Å². The van der Waals surface area contributed by atoms with Crippen LogP contribution in [0.5, 0.6) is 5.75 Å². The molecular formula is C21H22N6O5. The third-order valence-electron chi connectivity index (χ3n) is 6.40. The number of para-hydroxylation sites is 1. The van der Waals surface area contributed by atoms with Crippen LogP contribution >= 0.6 is 0 Å². The number of hydrogen-bond donors (Lipinski definition) is 1. The largest absolute Gasteiger partial charge is 0.507 e. The van der Waals surface area contributed by atoms with Crippen molar-refractivity contribution in [3.63, 3.8) is 0 Å². The number of phenolic OH excluding ortho intramolecular Hbond substituents is 1. The Hall–Kier alpha value is -4.02. The van der Waals surface area contributed by atoms with Gasteiger partial charge in [0.05, 0.1) is 19.1 Å². The van der Waals surface area contributed by atoms with E-state index in [0.29, 0.717) is 23.1 Å². The molecule has 2 aliphatic heterocycles. The smallest absolute Gasteiger partial charge is 0.347 e. The number of benzene rings is 1. The average molecular weight is 438 g/mol. The van der Waals surface area contributed by atoms with E-state index in [9.17, 15) is 24.3 Å². The van der Waals surface area contributed by atoms with Gasteiger partial charge in [0.1, 0.15) is 11.8 Å². The molecule has 0 saturated heterocycles. The molecule has 2 atom stereocenters. The zero-order valence-electron chi connectivity index (χ0n) is 17.6. The lowest BCUT2D eigenvalue weighted by molar-refractivity contribution is 0.244. The van der Waals surface area contributed by atoms with Crippen LogP contribution in [0, 0.1) is 0 Å². The van der Waals surface area contributed by atoms with Crippen molar-refractivity contribution in [2.75, 3.05) is 0 Å². The molecule has 0 fully saturated rings. The highest BCUT2D eigenvalue weighted by molar-refractivity contribution is 5.47. The molecule has 166 valence electrons. The van der Waals surface area contributed by atoms with E-state index < -0.39 is 34.8 Å². The van der Waals surface area contributed by atoms with E-state index in [1.165, 1.54) is 32.8 Å². The summed E-state index contributed by atoms with van der Waals surface area (Å²) >= 11 is 0. The molecule has 5 rings (SSSR count). The number of aromatic hydroxyl groups is 1. The van der Waals surface area contributed by atoms with Gasteiger partial charge in [-0.15, -0.1) is 6.58 Å². The van der Waals surface area contributed by atoms with E-state index in [1.54, 1.807) is 30.4 Å². The standard InChI is InChI=1S/C21H22N6O5/c1-4-6-12-7-5-8-14(17(12)28)16-13-9-10-24-18(29)22(2)20(31)26(24)15(13)11-25-19(30)23(3)21(32)27(16)25/h4-5,7-9,15-16,28H,1,6,10-11H2,2-3H3/t15-,16-/m1/s1. The predicted molar refractivity (Wildman–Crippen MR) is 115 cm³/mol. The number of fused-ring (bicyclic) bond motifs is 4. The Morgan fingerprint density at radius 1 is 1.00 bits per heavy atom. The Labute approximate surface area is 180 Å². The van der Waals surface area contributed by atoms with E-state index >= 15 is 0 Å². The molecule has 0 bridgehead atoms. The van der Waals surface area contributed by atoms with Crippen LogP contribution in [0.2, 0.25) is 0 Å². The summed E-state index contributed by atoms with van der Waals surface area (Å²) in [5.41, 5.74) is -0.309. The van der Waals surface area contributed by atoms with E-state index in [4.69, 9.17) is 0 Å². The van der Waals surface area contributed by atoms with Crippen LogP contribution < -0.4 is 22.8 Å². The van der Waals surface area contributed by atoms with E-state index in [0.717, 1.165) is 9.13 Å². The van der Waals surface area contributed by atoms with Crippen molar-refractivity contribution >= 4 is 0 Å². The van der Waals surface area contributed by atoms with Crippen molar-refractivity contribution in [2.45, 2.75) is 31.6 Å². The van der Waals surface area contributed by atoms with Crippen molar-refractivity contribution in [2.24, 2.45) is 14.1 Å². The first-order chi connectivity index (χ1) is 15.3. The molecule has 4 heterocycles. The van der Waals surface area contributed by atoms with Crippen LogP contribution in [0.15, 0.2) is 61.7 Å². The van der Waals surface area contributed by atoms with E-state index in [-0.39, 0.29) is 18.8 Å². The first-order valence-electron chi connectivity index (χ1n) is 10.2. The Kier molecular flexibility index (Phi) is 4.19. The highest BCUT2D eigenvalue weighted by atomic mass is 16.3. The van der Waals surface area contributed by atoms with Gasteiger partial charge in [-0.05, 0) is 17.6 Å². The first kappa shape index (κ1) is 19.9. The molecule has 32 heavy (non-hydrogen) atoms. The van der Waals surface area contributed by atoms with Crippen LogP contribution in [0.25, 0.3) is 0 Å². The first-order valence-corrected chi connectivity index (χ1v) is 10.2. The molecule has 0 amide bonds. The molecule has 1 N–H and O–H groups in total. The van der Waals surface area contributed by atoms with Crippen LogP contribution in [0.3, 0.4) is 0 Å². The number of aromatic nitrogens is 6. The summed E-state index contributed by atoms with van der Waals surface area (Å²) in [6.07, 6.45) is 3.88. The van der Waals surface area contributed by atoms with Gasteiger partial charge in [-0.1, -0.05) is 30.4 Å². The van der Waals surface area contributed by atoms with Crippen LogP contribution in [-0.2, 0) is 33.6 Å². The second-order valence-electron chi connectivity index (χ2n) is 8.07. The maximum Gasteiger partial charge on any atom is 0.347 e. The SMILES string of the molecule is C=CCc1cccc([C@H]2C3=CCn4c(=O)n(C)c(=O)n4[C@@H]3Cn3c(=O)n(C)c(=O)n32)c1O. The van der Waals surface area contributed by atoms with Crippen LogP contribution in [0.4, 0.5) is 0 Å². The van der Waals surface area contributed by atoms with Crippen molar-refractivity contribution in [1.29, 1.82) is 0 Å². The fourth-order valence-electron chi connectivity index (χ4n) is 4.81. The fourth-order valence-corrected chi connectivity index (χ4v) is 4.81.